The Balaban J connectivity index is 0.00000301. The largest absolute Gasteiger partial charge is 0.371 e. The van der Waals surface area contributed by atoms with Crippen molar-refractivity contribution in [2.24, 2.45) is 16.0 Å². The second-order valence-corrected chi connectivity index (χ2v) is 6.15. The Kier molecular flexibility index (Phi) is 12.6. The zero-order valence-electron chi connectivity index (χ0n) is 17.4. The predicted octanol–water partition coefficient (Wildman–Crippen LogP) is 5.80. The number of hydrogen-bond acceptors (Lipinski definition) is 4. The Morgan fingerprint density at radius 2 is 2.00 bits per heavy atom. The summed E-state index contributed by atoms with van der Waals surface area (Å²) in [5, 5.41) is 9.06. The summed E-state index contributed by atoms with van der Waals surface area (Å²) in [5.41, 5.74) is 3.47. The van der Waals surface area contributed by atoms with Crippen molar-refractivity contribution in [3.63, 3.8) is 0 Å². The molecule has 0 aromatic heterocycles. The first-order valence-electron chi connectivity index (χ1n) is 9.47. The summed E-state index contributed by atoms with van der Waals surface area (Å²) in [4.78, 5) is 4.34. The van der Waals surface area contributed by atoms with Crippen LogP contribution < -0.4 is 5.32 Å². The third kappa shape index (κ3) is 8.65. The van der Waals surface area contributed by atoms with Crippen LogP contribution in [0.25, 0.3) is 0 Å². The van der Waals surface area contributed by atoms with E-state index >= 15 is 0 Å². The molecule has 4 nitrogen and oxygen atoms in total. The van der Waals surface area contributed by atoms with Gasteiger partial charge in [-0.1, -0.05) is 47.3 Å². The van der Waals surface area contributed by atoms with E-state index < -0.39 is 0 Å². The van der Waals surface area contributed by atoms with Crippen LogP contribution in [0.1, 0.15) is 54.4 Å². The fourth-order valence-electron chi connectivity index (χ4n) is 2.33. The number of allylic oxidation sites excluding steroid dienone is 6. The van der Waals surface area contributed by atoms with Gasteiger partial charge in [0, 0.05) is 25.7 Å². The minimum atomic E-state index is 0.542. The van der Waals surface area contributed by atoms with E-state index in [2.05, 4.69) is 62.5 Å². The summed E-state index contributed by atoms with van der Waals surface area (Å²) in [6.45, 7) is 21.1. The molecule has 144 valence electrons. The third-order valence-corrected chi connectivity index (χ3v) is 3.52. The van der Waals surface area contributed by atoms with Gasteiger partial charge in [0.1, 0.15) is 5.82 Å². The summed E-state index contributed by atoms with van der Waals surface area (Å²) in [7, 11) is 0. The molecular weight excluding hydrogens is 320 g/mol. The van der Waals surface area contributed by atoms with Gasteiger partial charge in [-0.25, -0.2) is 10.0 Å². The molecule has 1 aliphatic rings. The number of hydrogen-bond donors (Lipinski definition) is 1. The van der Waals surface area contributed by atoms with Crippen molar-refractivity contribution in [1.29, 1.82) is 0 Å². The van der Waals surface area contributed by atoms with Crippen molar-refractivity contribution in [1.82, 2.24) is 10.3 Å². The van der Waals surface area contributed by atoms with E-state index in [1.54, 1.807) is 6.21 Å². The van der Waals surface area contributed by atoms with Crippen LogP contribution in [0.15, 0.2) is 69.8 Å². The lowest BCUT2D eigenvalue weighted by molar-refractivity contribution is 0.500. The van der Waals surface area contributed by atoms with Crippen LogP contribution >= 0.6 is 0 Å². The van der Waals surface area contributed by atoms with E-state index in [0.717, 1.165) is 25.1 Å². The van der Waals surface area contributed by atoms with Crippen LogP contribution in [0.4, 0.5) is 0 Å². The first-order chi connectivity index (χ1) is 12.5. The topological polar surface area (TPSA) is 40.0 Å². The van der Waals surface area contributed by atoms with Gasteiger partial charge in [-0.05, 0) is 55.1 Å². The molecule has 0 bridgehead atoms. The Bertz CT molecular complexity index is 589. The molecular formula is C22H36N4. The van der Waals surface area contributed by atoms with Gasteiger partial charge in [0.05, 0.1) is 5.70 Å². The highest BCUT2D eigenvalue weighted by molar-refractivity contribution is 5.74. The van der Waals surface area contributed by atoms with Crippen molar-refractivity contribution in [3.05, 3.63) is 59.7 Å². The molecule has 0 radical (unpaired) electrons. The Labute approximate surface area is 160 Å². The number of hydrazone groups is 1. The Hall–Kier alpha value is -2.36. The molecule has 0 unspecified atom stereocenters. The molecule has 0 saturated heterocycles. The molecule has 1 rings (SSSR count). The predicted molar refractivity (Wildman–Crippen MR) is 117 cm³/mol. The summed E-state index contributed by atoms with van der Waals surface area (Å²) in [6.07, 6.45) is 13.8. The molecule has 1 aliphatic heterocycles. The van der Waals surface area contributed by atoms with Gasteiger partial charge in [0.15, 0.2) is 0 Å². The van der Waals surface area contributed by atoms with E-state index in [9.17, 15) is 0 Å². The quantitative estimate of drug-likeness (QED) is 0.530. The number of nitrogens with one attached hydrogen (secondary N) is 1. The molecule has 1 heterocycles. The van der Waals surface area contributed by atoms with E-state index in [-0.39, 0.29) is 0 Å². The standard InChI is InChI=1S/C20H30N4.C2H6/c1-7-12-22-18(5)23-13-11-17(4)19(15-16(2)3)20-10-8-9-14-24(20)21-6;1-2/h8-11,13-14,16,22H,5-7,12,15H2,1-4H3;1-2H3/b17-11+,20-19+,23-13-;. The SMILES string of the molecule is C=NN1C=CC=C\C1=C(CC(C)C)/C(C)=C/C=N\C(=C)NCCC.CC. The monoisotopic (exact) mass is 356 g/mol. The van der Waals surface area contributed by atoms with E-state index in [4.69, 9.17) is 0 Å². The average Bonchev–Trinajstić information content (AvgIpc) is 2.65. The molecule has 0 spiro atoms. The van der Waals surface area contributed by atoms with Crippen LogP contribution in [-0.4, -0.2) is 24.5 Å². The van der Waals surface area contributed by atoms with Crippen molar-refractivity contribution < 1.29 is 0 Å². The summed E-state index contributed by atoms with van der Waals surface area (Å²) in [6, 6.07) is 0. The zero-order valence-corrected chi connectivity index (χ0v) is 17.4. The maximum Gasteiger partial charge on any atom is 0.118 e. The maximum absolute atomic E-state index is 4.34. The minimum absolute atomic E-state index is 0.542. The third-order valence-electron chi connectivity index (χ3n) is 3.52. The van der Waals surface area contributed by atoms with Crippen molar-refractivity contribution in [2.75, 3.05) is 6.54 Å². The van der Waals surface area contributed by atoms with E-state index in [1.807, 2.05) is 43.3 Å². The van der Waals surface area contributed by atoms with Gasteiger partial charge in [-0.2, -0.15) is 5.10 Å². The fourth-order valence-corrected chi connectivity index (χ4v) is 2.33. The van der Waals surface area contributed by atoms with Gasteiger partial charge in [0.25, 0.3) is 0 Å². The molecule has 0 fully saturated rings. The molecule has 0 aliphatic carbocycles. The van der Waals surface area contributed by atoms with Gasteiger partial charge in [-0.15, -0.1) is 0 Å². The van der Waals surface area contributed by atoms with Gasteiger partial charge in [0.2, 0.25) is 0 Å². The zero-order chi connectivity index (χ0) is 19.9. The van der Waals surface area contributed by atoms with E-state index in [0.29, 0.717) is 11.7 Å². The molecule has 4 heteroatoms. The van der Waals surface area contributed by atoms with Crippen molar-refractivity contribution >= 4 is 12.9 Å². The lowest BCUT2D eigenvalue weighted by Crippen LogP contribution is -2.13. The van der Waals surface area contributed by atoms with Crippen LogP contribution in [-0.2, 0) is 0 Å². The molecule has 0 atom stereocenters. The van der Waals surface area contributed by atoms with Crippen LogP contribution in [0, 0.1) is 5.92 Å². The summed E-state index contributed by atoms with van der Waals surface area (Å²) in [5.74, 6) is 1.23. The highest BCUT2D eigenvalue weighted by atomic mass is 15.4. The second-order valence-electron chi connectivity index (χ2n) is 6.15. The highest BCUT2D eigenvalue weighted by Crippen LogP contribution is 2.27. The van der Waals surface area contributed by atoms with Crippen LogP contribution in [0.2, 0.25) is 0 Å². The first kappa shape index (κ1) is 23.6. The first-order valence-corrected chi connectivity index (χ1v) is 9.47. The number of nitrogens with zero attached hydrogens (tertiary/aromatic N) is 3. The normalized spacial score (nSPS) is 15.8. The Morgan fingerprint density at radius 3 is 2.58 bits per heavy atom. The van der Waals surface area contributed by atoms with Crippen molar-refractivity contribution in [3.8, 4) is 0 Å². The lowest BCUT2D eigenvalue weighted by atomic mass is 9.94. The molecule has 0 aromatic rings. The molecule has 26 heavy (non-hydrogen) atoms. The molecule has 0 aromatic carbocycles. The minimum Gasteiger partial charge on any atom is -0.371 e. The molecule has 0 saturated carbocycles. The van der Waals surface area contributed by atoms with Gasteiger partial charge in [-0.3, -0.25) is 0 Å². The van der Waals surface area contributed by atoms with Crippen LogP contribution in [0.5, 0.6) is 0 Å². The van der Waals surface area contributed by atoms with Gasteiger partial charge >= 0.3 is 0 Å². The molecule has 1 N–H and O–H groups in total. The Morgan fingerprint density at radius 1 is 1.31 bits per heavy atom. The number of rotatable bonds is 9. The van der Waals surface area contributed by atoms with Gasteiger partial charge < -0.3 is 5.32 Å². The number of aliphatic imine (C=N–C) groups is 1. The van der Waals surface area contributed by atoms with Crippen LogP contribution in [0.3, 0.4) is 0 Å². The fraction of sp³-hybridized carbons (Fsp3) is 0.455. The second kappa shape index (κ2) is 13.9. The summed E-state index contributed by atoms with van der Waals surface area (Å²) >= 11 is 0. The van der Waals surface area contributed by atoms with Crippen molar-refractivity contribution in [2.45, 2.75) is 54.4 Å². The smallest absolute Gasteiger partial charge is 0.118 e. The maximum atomic E-state index is 4.34. The summed E-state index contributed by atoms with van der Waals surface area (Å²) < 4.78 is 0. The lowest BCUT2D eigenvalue weighted by Gasteiger charge is -2.23. The molecule has 0 amide bonds. The van der Waals surface area contributed by atoms with E-state index in [1.165, 1.54) is 11.1 Å². The highest BCUT2D eigenvalue weighted by Gasteiger charge is 2.14. The average molecular weight is 357 g/mol.